The van der Waals surface area contributed by atoms with Gasteiger partial charge in [0.25, 0.3) is 0 Å². The summed E-state index contributed by atoms with van der Waals surface area (Å²) >= 11 is 23.7. The summed E-state index contributed by atoms with van der Waals surface area (Å²) in [5, 5.41) is 44.3. The molecule has 2 aromatic rings. The second-order valence-electron chi connectivity index (χ2n) is 8.32. The molecule has 0 bridgehead atoms. The van der Waals surface area contributed by atoms with Crippen LogP contribution in [0.1, 0.15) is 38.8 Å². The molecule has 0 spiro atoms. The fourth-order valence-electron chi connectivity index (χ4n) is 2.54. The van der Waals surface area contributed by atoms with Crippen molar-refractivity contribution in [2.24, 2.45) is 0 Å². The van der Waals surface area contributed by atoms with E-state index in [1.807, 2.05) is 23.9 Å². The molecule has 2 aromatic carbocycles. The van der Waals surface area contributed by atoms with Crippen LogP contribution in [0.4, 0.5) is 0 Å². The first-order chi connectivity index (χ1) is 15.6. The van der Waals surface area contributed by atoms with Crippen LogP contribution in [0.15, 0.2) is 24.3 Å². The van der Waals surface area contributed by atoms with E-state index in [2.05, 4.69) is 0 Å². The summed E-state index contributed by atoms with van der Waals surface area (Å²) in [4.78, 5) is 3.98. The van der Waals surface area contributed by atoms with Gasteiger partial charge >= 0.3 is 21.7 Å². The van der Waals surface area contributed by atoms with Crippen molar-refractivity contribution in [1.82, 2.24) is 9.80 Å². The quantitative estimate of drug-likeness (QED) is 0.451. The van der Waals surface area contributed by atoms with E-state index >= 15 is 0 Å². The van der Waals surface area contributed by atoms with Gasteiger partial charge in [-0.1, -0.05) is 85.6 Å². The van der Waals surface area contributed by atoms with Gasteiger partial charge < -0.3 is 30.2 Å². The van der Waals surface area contributed by atoms with Crippen LogP contribution in [0.2, 0.25) is 20.1 Å². The third kappa shape index (κ3) is 17.0. The molecule has 0 saturated heterocycles. The summed E-state index contributed by atoms with van der Waals surface area (Å²) in [6.45, 7) is 8.68. The van der Waals surface area contributed by atoms with Crippen LogP contribution in [0.3, 0.4) is 0 Å². The van der Waals surface area contributed by atoms with Crippen molar-refractivity contribution in [3.05, 3.63) is 55.5 Å². The molecule has 0 aliphatic carbocycles. The minimum Gasteiger partial charge on any atom is -0.871 e. The van der Waals surface area contributed by atoms with Crippen molar-refractivity contribution in [2.75, 3.05) is 27.2 Å². The van der Waals surface area contributed by atoms with Crippen LogP contribution < -0.4 is 20.4 Å². The van der Waals surface area contributed by atoms with Crippen molar-refractivity contribution in [1.29, 1.82) is 0 Å². The SMILES string of the molecule is CC(C)[O-].CC(C)[O-].CN(CCN(C)Cc1cc(Cl)cc(Cl)c1[O-])Cc1cc(Cl)cc(Cl)c1[O-].[Ti+4]. The molecule has 2 rings (SSSR count). The Bertz CT molecular complexity index is 812. The normalized spacial score (nSPS) is 10.6. The van der Waals surface area contributed by atoms with Crippen LogP contribution in [0.5, 0.6) is 11.5 Å². The molecule has 0 saturated carbocycles. The number of likely N-dealkylation sites (N-methyl/N-ethyl adjacent to an activating group) is 2. The smallest absolute Gasteiger partial charge is 0.871 e. The number of rotatable bonds is 7. The van der Waals surface area contributed by atoms with Gasteiger partial charge in [-0.3, -0.25) is 0 Å². The van der Waals surface area contributed by atoms with Crippen LogP contribution >= 0.6 is 46.4 Å². The summed E-state index contributed by atoms with van der Waals surface area (Å²) in [6.07, 6.45) is -0.833. The molecule has 0 atom stereocenters. The van der Waals surface area contributed by atoms with E-state index in [-0.39, 0.29) is 43.3 Å². The third-order valence-electron chi connectivity index (χ3n) is 3.91. The van der Waals surface area contributed by atoms with Gasteiger partial charge in [0.2, 0.25) is 0 Å². The Balaban J connectivity index is 0. The van der Waals surface area contributed by atoms with Crippen molar-refractivity contribution in [2.45, 2.75) is 53.0 Å². The van der Waals surface area contributed by atoms with Crippen LogP contribution in [-0.2, 0) is 34.8 Å². The zero-order valence-electron chi connectivity index (χ0n) is 20.8. The maximum Gasteiger partial charge on any atom is 4.00 e. The molecule has 0 amide bonds. The van der Waals surface area contributed by atoms with Crippen molar-refractivity contribution >= 4 is 46.4 Å². The summed E-state index contributed by atoms with van der Waals surface area (Å²) in [6, 6.07) is 6.15. The van der Waals surface area contributed by atoms with Crippen LogP contribution in [0.25, 0.3) is 0 Å². The van der Waals surface area contributed by atoms with E-state index in [1.165, 1.54) is 12.1 Å². The predicted octanol–water partition coefficient (Wildman–Crippen LogP) is 3.52. The van der Waals surface area contributed by atoms with Gasteiger partial charge in [0.1, 0.15) is 0 Å². The molecule has 0 aromatic heterocycles. The van der Waals surface area contributed by atoms with E-state index in [4.69, 9.17) is 46.4 Å². The molecule has 0 aliphatic rings. The third-order valence-corrected chi connectivity index (χ3v) is 4.91. The molecule has 35 heavy (non-hydrogen) atoms. The number of hydrogen-bond donors (Lipinski definition) is 0. The Kier molecular flexibility index (Phi) is 19.9. The molecule has 0 fully saturated rings. The van der Waals surface area contributed by atoms with Gasteiger partial charge in [-0.25, -0.2) is 0 Å². The summed E-state index contributed by atoms with van der Waals surface area (Å²) < 4.78 is 0. The Morgan fingerprint density at radius 3 is 1.17 bits per heavy atom. The van der Waals surface area contributed by atoms with Crippen molar-refractivity contribution in [3.63, 3.8) is 0 Å². The average molecular weight is 602 g/mol. The summed E-state index contributed by atoms with van der Waals surface area (Å²) in [7, 11) is 3.80. The summed E-state index contributed by atoms with van der Waals surface area (Å²) in [5.74, 6) is -0.415. The second kappa shape index (κ2) is 18.9. The average Bonchev–Trinajstić information content (AvgIpc) is 2.67. The minimum atomic E-state index is -0.417. The van der Waals surface area contributed by atoms with Gasteiger partial charge in [-0.15, -0.1) is 12.2 Å². The Hall–Kier alpha value is -0.246. The van der Waals surface area contributed by atoms with E-state index in [0.717, 1.165) is 0 Å². The minimum absolute atomic E-state index is 0. The molecule has 194 valence electrons. The van der Waals surface area contributed by atoms with E-state index < -0.39 is 12.2 Å². The Morgan fingerprint density at radius 2 is 0.914 bits per heavy atom. The fourth-order valence-corrected chi connectivity index (χ4v) is 3.61. The molecule has 0 radical (unpaired) electrons. The second-order valence-corrected chi connectivity index (χ2v) is 10.0. The zero-order valence-corrected chi connectivity index (χ0v) is 25.4. The topological polar surface area (TPSA) is 98.7 Å². The monoisotopic (exact) mass is 600 g/mol. The van der Waals surface area contributed by atoms with E-state index in [1.54, 1.807) is 39.8 Å². The molecule has 0 unspecified atom stereocenters. The van der Waals surface area contributed by atoms with E-state index in [9.17, 15) is 20.4 Å². The molecule has 11 heteroatoms. The van der Waals surface area contributed by atoms with Gasteiger partial charge in [0.15, 0.2) is 0 Å². The fraction of sp³-hybridized carbons (Fsp3) is 0.500. The zero-order chi connectivity index (χ0) is 26.6. The molecular formula is C24H32Cl4N2O4Ti. The molecule has 6 nitrogen and oxygen atoms in total. The molecule has 0 N–H and O–H groups in total. The number of nitrogens with zero attached hydrogens (tertiary/aromatic N) is 2. The van der Waals surface area contributed by atoms with Crippen LogP contribution in [-0.4, -0.2) is 49.2 Å². The first kappa shape index (κ1) is 36.9. The molecular weight excluding hydrogens is 570 g/mol. The first-order valence-corrected chi connectivity index (χ1v) is 12.1. The number of hydrogen-bond acceptors (Lipinski definition) is 6. The van der Waals surface area contributed by atoms with Crippen molar-refractivity contribution in [3.8, 4) is 11.5 Å². The molecule has 0 aliphatic heterocycles. The predicted molar refractivity (Wildman–Crippen MR) is 135 cm³/mol. The Labute approximate surface area is 244 Å². The van der Waals surface area contributed by atoms with Crippen molar-refractivity contribution < 1.29 is 42.1 Å². The van der Waals surface area contributed by atoms with Gasteiger partial charge in [-0.2, -0.15) is 0 Å². The van der Waals surface area contributed by atoms with Gasteiger partial charge in [-0.05, 0) is 49.5 Å². The number of benzene rings is 2. The first-order valence-electron chi connectivity index (χ1n) is 10.6. The summed E-state index contributed by atoms with van der Waals surface area (Å²) in [5.41, 5.74) is 1.10. The Morgan fingerprint density at radius 1 is 0.657 bits per heavy atom. The van der Waals surface area contributed by atoms with Gasteiger partial charge in [0.05, 0.1) is 0 Å². The maximum absolute atomic E-state index is 12.0. The van der Waals surface area contributed by atoms with E-state index in [0.29, 0.717) is 47.4 Å². The molecule has 0 heterocycles. The number of halogens is 4. The largest absolute Gasteiger partial charge is 4.00 e. The standard InChI is InChI=1S/C18H20Cl4N2O2.2C3H7O.Ti/c1-23(9-11-5-13(19)7-15(21)17(11)25)3-4-24(2)10-12-6-14(20)8-16(22)18(12)26;2*1-3(2)4;/h5-8,25-26H,3-4,9-10H2,1-2H3;2*3H,1-2H3;/q;2*-1;+4/p-2. The van der Waals surface area contributed by atoms with Gasteiger partial charge in [0, 0.05) is 46.3 Å². The van der Waals surface area contributed by atoms with Crippen LogP contribution in [0, 0.1) is 0 Å². The maximum atomic E-state index is 12.0.